The maximum Gasteiger partial charge on any atom is 0.261 e. The molecule has 3 amide bonds. The van der Waals surface area contributed by atoms with Crippen molar-refractivity contribution in [2.45, 2.75) is 12.1 Å². The number of hydrogen-bond donors (Lipinski definition) is 2. The van der Waals surface area contributed by atoms with Gasteiger partial charge in [-0.3, -0.25) is 14.4 Å². The van der Waals surface area contributed by atoms with Gasteiger partial charge in [0.05, 0.1) is 12.6 Å². The first-order chi connectivity index (χ1) is 13.5. The molecular weight excluding hydrogens is 358 g/mol. The molecule has 3 rings (SSSR count). The molecule has 7 heteroatoms. The number of rotatable bonds is 6. The fourth-order valence-electron chi connectivity index (χ4n) is 3.08. The van der Waals surface area contributed by atoms with Crippen molar-refractivity contribution in [1.82, 2.24) is 15.5 Å². The van der Waals surface area contributed by atoms with Crippen LogP contribution < -0.4 is 10.6 Å². The van der Waals surface area contributed by atoms with E-state index in [1.807, 2.05) is 42.5 Å². The largest absolute Gasteiger partial charge is 0.357 e. The van der Waals surface area contributed by atoms with Crippen molar-refractivity contribution in [3.63, 3.8) is 0 Å². The van der Waals surface area contributed by atoms with E-state index in [1.54, 1.807) is 7.05 Å². The first kappa shape index (κ1) is 19.6. The summed E-state index contributed by atoms with van der Waals surface area (Å²) in [6.07, 6.45) is -0.0149. The minimum atomic E-state index is -1.18. The van der Waals surface area contributed by atoms with Crippen LogP contribution in [0.4, 0.5) is 0 Å². The van der Waals surface area contributed by atoms with Crippen LogP contribution in [0.1, 0.15) is 11.6 Å². The number of carbonyl (C=O) groups excluding carboxylic acids is 3. The number of nitrogens with zero attached hydrogens (tertiary/aromatic N) is 1. The van der Waals surface area contributed by atoms with Crippen LogP contribution in [0.25, 0.3) is 10.8 Å². The van der Waals surface area contributed by atoms with Crippen molar-refractivity contribution in [3.05, 3.63) is 60.7 Å². The van der Waals surface area contributed by atoms with Crippen LogP contribution in [-0.2, 0) is 19.1 Å². The molecular formula is C21H23N3O4. The van der Waals surface area contributed by atoms with Gasteiger partial charge in [0, 0.05) is 20.1 Å². The molecule has 0 bridgehead atoms. The van der Waals surface area contributed by atoms with E-state index >= 15 is 0 Å². The molecule has 1 heterocycles. The van der Waals surface area contributed by atoms with E-state index in [4.69, 9.17) is 4.74 Å². The number of morpholine rings is 1. The van der Waals surface area contributed by atoms with Crippen LogP contribution in [0, 0.1) is 0 Å². The molecule has 0 spiro atoms. The van der Waals surface area contributed by atoms with Crippen molar-refractivity contribution < 1.29 is 19.1 Å². The predicted molar refractivity (Wildman–Crippen MR) is 105 cm³/mol. The van der Waals surface area contributed by atoms with Crippen molar-refractivity contribution in [2.75, 3.05) is 26.7 Å². The summed E-state index contributed by atoms with van der Waals surface area (Å²) >= 11 is 0. The van der Waals surface area contributed by atoms with Gasteiger partial charge in [0.2, 0.25) is 12.0 Å². The Morgan fingerprint density at radius 2 is 2.04 bits per heavy atom. The number of ether oxygens (including phenoxy) is 1. The van der Waals surface area contributed by atoms with Gasteiger partial charge in [-0.2, -0.15) is 0 Å². The molecule has 0 aromatic heterocycles. The summed E-state index contributed by atoms with van der Waals surface area (Å²) in [6.45, 7) is 4.34. The molecule has 28 heavy (non-hydrogen) atoms. The highest BCUT2D eigenvalue weighted by Crippen LogP contribution is 2.21. The van der Waals surface area contributed by atoms with Crippen LogP contribution in [0.3, 0.4) is 0 Å². The molecule has 0 saturated carbocycles. The highest BCUT2D eigenvalue weighted by Gasteiger charge is 2.34. The number of nitrogens with one attached hydrogen (secondary N) is 2. The van der Waals surface area contributed by atoms with Crippen LogP contribution in [-0.4, -0.2) is 55.5 Å². The van der Waals surface area contributed by atoms with Gasteiger partial charge in [-0.25, -0.2) is 0 Å². The average Bonchev–Trinajstić information content (AvgIpc) is 2.72. The van der Waals surface area contributed by atoms with E-state index in [0.29, 0.717) is 13.2 Å². The van der Waals surface area contributed by atoms with E-state index in [-0.39, 0.29) is 18.4 Å². The van der Waals surface area contributed by atoms with Gasteiger partial charge in [-0.15, -0.1) is 0 Å². The Morgan fingerprint density at radius 3 is 2.79 bits per heavy atom. The lowest BCUT2D eigenvalue weighted by Crippen LogP contribution is -2.53. The summed E-state index contributed by atoms with van der Waals surface area (Å²) in [5.41, 5.74) is 0.813. The molecule has 146 valence electrons. The second kappa shape index (κ2) is 8.67. The highest BCUT2D eigenvalue weighted by atomic mass is 16.5. The van der Waals surface area contributed by atoms with Gasteiger partial charge >= 0.3 is 0 Å². The maximum atomic E-state index is 12.7. The molecule has 1 aliphatic rings. The lowest BCUT2D eigenvalue weighted by atomic mass is 10.0. The Labute approximate surface area is 163 Å². The summed E-state index contributed by atoms with van der Waals surface area (Å²) in [5, 5.41) is 7.62. The normalized spacial score (nSPS) is 17.8. The van der Waals surface area contributed by atoms with Crippen molar-refractivity contribution in [2.24, 2.45) is 0 Å². The smallest absolute Gasteiger partial charge is 0.261 e. The lowest BCUT2D eigenvalue weighted by molar-refractivity contribution is -0.159. The third-order valence-electron chi connectivity index (χ3n) is 4.71. The molecule has 2 N–H and O–H groups in total. The predicted octanol–water partition coefficient (Wildman–Crippen LogP) is 1.16. The first-order valence-electron chi connectivity index (χ1n) is 9.05. The Balaban J connectivity index is 1.83. The van der Waals surface area contributed by atoms with E-state index in [2.05, 4.69) is 17.2 Å². The number of likely N-dealkylation sites (N-methyl/N-ethyl adjacent to an activating group) is 1. The highest BCUT2D eigenvalue weighted by molar-refractivity contribution is 6.03. The van der Waals surface area contributed by atoms with Gasteiger partial charge < -0.3 is 20.3 Å². The zero-order valence-electron chi connectivity index (χ0n) is 15.7. The molecule has 1 fully saturated rings. The van der Waals surface area contributed by atoms with Gasteiger partial charge in [0.15, 0.2) is 0 Å². The zero-order chi connectivity index (χ0) is 20.1. The average molecular weight is 381 g/mol. The number of benzene rings is 2. The Morgan fingerprint density at radius 1 is 1.29 bits per heavy atom. The Hall–Kier alpha value is -3.19. The standard InChI is InChI=1S/C21H23N3O4/c1-3-18(25)22-13-17(16-9-8-14-6-4-5-7-15(14)12-16)23-20(26)19-21(27)24(2)10-11-28-19/h3-9,12,17,19H,1,10-11,13H2,2H3,(H,22,25)(H,23,26). The molecule has 0 aliphatic carbocycles. The fraction of sp³-hybridized carbons (Fsp3) is 0.286. The third kappa shape index (κ3) is 4.37. The van der Waals surface area contributed by atoms with Crippen molar-refractivity contribution in [3.8, 4) is 0 Å². The van der Waals surface area contributed by atoms with Gasteiger partial charge in [0.1, 0.15) is 0 Å². The molecule has 2 aromatic carbocycles. The van der Waals surface area contributed by atoms with E-state index in [0.717, 1.165) is 16.3 Å². The Bertz CT molecular complexity index is 911. The van der Waals surface area contributed by atoms with E-state index < -0.39 is 18.1 Å². The van der Waals surface area contributed by atoms with Gasteiger partial charge in [0.25, 0.3) is 11.8 Å². The number of carbonyl (C=O) groups is 3. The molecule has 2 aromatic rings. The lowest BCUT2D eigenvalue weighted by Gasteiger charge is -2.30. The minimum Gasteiger partial charge on any atom is -0.357 e. The quantitative estimate of drug-likeness (QED) is 0.581. The van der Waals surface area contributed by atoms with E-state index in [1.165, 1.54) is 11.0 Å². The van der Waals surface area contributed by atoms with Crippen LogP contribution in [0.15, 0.2) is 55.1 Å². The van der Waals surface area contributed by atoms with Crippen LogP contribution in [0.5, 0.6) is 0 Å². The summed E-state index contributed by atoms with van der Waals surface area (Å²) < 4.78 is 5.37. The fourth-order valence-corrected chi connectivity index (χ4v) is 3.08. The maximum absolute atomic E-state index is 12.7. The van der Waals surface area contributed by atoms with Crippen LogP contribution >= 0.6 is 0 Å². The topological polar surface area (TPSA) is 87.7 Å². The van der Waals surface area contributed by atoms with Gasteiger partial charge in [-0.1, -0.05) is 43.0 Å². The molecule has 2 unspecified atom stereocenters. The molecule has 0 radical (unpaired) electrons. The molecule has 7 nitrogen and oxygen atoms in total. The van der Waals surface area contributed by atoms with E-state index in [9.17, 15) is 14.4 Å². The second-order valence-electron chi connectivity index (χ2n) is 6.63. The zero-order valence-corrected chi connectivity index (χ0v) is 15.7. The second-order valence-corrected chi connectivity index (χ2v) is 6.63. The SMILES string of the molecule is C=CC(=O)NCC(NC(=O)C1OCCN(C)C1=O)c1ccc2ccccc2c1. The third-order valence-corrected chi connectivity index (χ3v) is 4.71. The van der Waals surface area contributed by atoms with Crippen molar-refractivity contribution >= 4 is 28.5 Å². The molecule has 1 aliphatic heterocycles. The molecule has 2 atom stereocenters. The number of hydrogen-bond acceptors (Lipinski definition) is 4. The summed E-state index contributed by atoms with van der Waals surface area (Å²) in [4.78, 5) is 38.0. The monoisotopic (exact) mass is 381 g/mol. The summed E-state index contributed by atoms with van der Waals surface area (Å²) in [7, 11) is 1.64. The van der Waals surface area contributed by atoms with Crippen molar-refractivity contribution in [1.29, 1.82) is 0 Å². The number of fused-ring (bicyclic) bond motifs is 1. The Kier molecular flexibility index (Phi) is 6.06. The summed E-state index contributed by atoms with van der Waals surface area (Å²) in [6, 6.07) is 13.1. The summed E-state index contributed by atoms with van der Waals surface area (Å²) in [5.74, 6) is -1.25. The van der Waals surface area contributed by atoms with Crippen LogP contribution in [0.2, 0.25) is 0 Å². The van der Waals surface area contributed by atoms with Gasteiger partial charge in [-0.05, 0) is 28.5 Å². The number of amides is 3. The first-order valence-corrected chi connectivity index (χ1v) is 9.05. The minimum absolute atomic E-state index is 0.158. The molecule has 1 saturated heterocycles.